The second-order valence-electron chi connectivity index (χ2n) is 15.3. The number of fused-ring (bicyclic) bond motifs is 10. The highest BCUT2D eigenvalue weighted by atomic mass is 16.7. The minimum atomic E-state index is -0.681. The van der Waals surface area contributed by atoms with Crippen molar-refractivity contribution >= 4 is 6.16 Å². The molecule has 4 fully saturated rings. The molecule has 42 heavy (non-hydrogen) atoms. The Bertz CT molecular complexity index is 1300. The number of aryl methyl sites for hydroxylation is 2. The molecule has 8 rings (SSSR count). The normalized spacial score (nSPS) is 41.4. The molecule has 0 aromatic heterocycles. The minimum Gasteiger partial charge on any atom is -0.395 e. The zero-order chi connectivity index (χ0) is 28.8. The Kier molecular flexibility index (Phi) is 6.36. The molecule has 4 saturated carbocycles. The van der Waals surface area contributed by atoms with Crippen LogP contribution in [0.2, 0.25) is 0 Å². The molecule has 6 aliphatic carbocycles. The highest BCUT2D eigenvalue weighted by molar-refractivity contribution is 5.67. The lowest BCUT2D eigenvalue weighted by atomic mass is 9.55. The Morgan fingerprint density at radius 1 is 0.667 bits per heavy atom. The molecule has 5 nitrogen and oxygen atoms in total. The van der Waals surface area contributed by atoms with Gasteiger partial charge in [0.1, 0.15) is 11.5 Å². The molecule has 0 spiro atoms. The third-order valence-electron chi connectivity index (χ3n) is 13.7. The van der Waals surface area contributed by atoms with Crippen LogP contribution in [0.3, 0.4) is 0 Å². The fraction of sp³-hybridized carbons (Fsp3) is 0.649. The molecular formula is C37H46O5. The highest BCUT2D eigenvalue weighted by Crippen LogP contribution is 2.62. The summed E-state index contributed by atoms with van der Waals surface area (Å²) in [7, 11) is 0. The molecule has 0 heterocycles. The Morgan fingerprint density at radius 2 is 1.12 bits per heavy atom. The van der Waals surface area contributed by atoms with E-state index in [1.54, 1.807) is 0 Å². The number of aliphatic hydroxyl groups excluding tert-OH is 2. The molecule has 224 valence electrons. The van der Waals surface area contributed by atoms with Crippen LogP contribution in [0, 0.1) is 34.5 Å². The van der Waals surface area contributed by atoms with Crippen LogP contribution in [0.5, 0.6) is 11.5 Å². The SMILES string of the molecule is C[C@]12CCC3c4ccc(OC(=O)Oc5ccc6c(c5)CCC5C6CC[C@]6(C)C5CC[C@H]6O)cc4CCC3C1CC[C@@H]2O. The number of carbonyl (C=O) groups is 1. The minimum absolute atomic E-state index is 0.0845. The Morgan fingerprint density at radius 3 is 1.57 bits per heavy atom. The third-order valence-corrected chi connectivity index (χ3v) is 13.7. The van der Waals surface area contributed by atoms with Crippen molar-refractivity contribution in [2.45, 2.75) is 115 Å². The third kappa shape index (κ3) is 4.05. The zero-order valence-corrected chi connectivity index (χ0v) is 25.2. The number of aliphatic hydroxyl groups is 2. The summed E-state index contributed by atoms with van der Waals surface area (Å²) in [6, 6.07) is 12.3. The molecule has 10 atom stereocenters. The van der Waals surface area contributed by atoms with Gasteiger partial charge in [0.15, 0.2) is 0 Å². The quantitative estimate of drug-likeness (QED) is 0.286. The summed E-state index contributed by atoms with van der Waals surface area (Å²) in [4.78, 5) is 12.9. The molecule has 0 bridgehead atoms. The van der Waals surface area contributed by atoms with Gasteiger partial charge in [0.25, 0.3) is 0 Å². The molecule has 0 amide bonds. The summed E-state index contributed by atoms with van der Waals surface area (Å²) >= 11 is 0. The van der Waals surface area contributed by atoms with E-state index in [0.29, 0.717) is 47.0 Å². The Balaban J connectivity index is 0.934. The van der Waals surface area contributed by atoms with E-state index in [-0.39, 0.29) is 23.0 Å². The predicted molar refractivity (Wildman–Crippen MR) is 161 cm³/mol. The van der Waals surface area contributed by atoms with Gasteiger partial charge in [-0.1, -0.05) is 26.0 Å². The zero-order valence-electron chi connectivity index (χ0n) is 25.2. The standard InChI is InChI=1S/C37H46O5/c1-36-17-15-27-25-9-5-23(19-21(25)3-7-29(27)31(36)11-13-33(36)38)41-35(40)42-24-6-10-26-22(20-24)4-8-30-28(26)16-18-37(2)32(30)12-14-34(37)39/h5-6,9-10,19-20,27-34,38-39H,3-4,7-8,11-18H2,1-2H3/t27?,28?,29?,30?,31?,32?,33-,34+,36-,37+. The van der Waals surface area contributed by atoms with Crippen molar-refractivity contribution in [2.75, 3.05) is 0 Å². The van der Waals surface area contributed by atoms with Crippen molar-refractivity contribution in [3.05, 3.63) is 58.7 Å². The smallest absolute Gasteiger partial charge is 0.395 e. The number of carbonyl (C=O) groups excluding carboxylic acids is 1. The molecular weight excluding hydrogens is 524 g/mol. The molecule has 2 aromatic carbocycles. The molecule has 2 aromatic rings. The highest BCUT2D eigenvalue weighted by Gasteiger charge is 2.55. The first kappa shape index (κ1) is 27.2. The van der Waals surface area contributed by atoms with Crippen molar-refractivity contribution in [3.63, 3.8) is 0 Å². The van der Waals surface area contributed by atoms with E-state index in [0.717, 1.165) is 77.0 Å². The number of benzene rings is 2. The second kappa shape index (κ2) is 9.82. The summed E-state index contributed by atoms with van der Waals surface area (Å²) < 4.78 is 11.4. The van der Waals surface area contributed by atoms with Crippen LogP contribution in [0.1, 0.15) is 112 Å². The van der Waals surface area contributed by atoms with Gasteiger partial charge in [-0.25, -0.2) is 4.79 Å². The molecule has 0 radical (unpaired) electrons. The summed E-state index contributed by atoms with van der Waals surface area (Å²) in [6.07, 6.45) is 11.9. The number of hydrogen-bond donors (Lipinski definition) is 2. The topological polar surface area (TPSA) is 76.0 Å². The van der Waals surface area contributed by atoms with Crippen molar-refractivity contribution in [2.24, 2.45) is 34.5 Å². The number of ether oxygens (including phenoxy) is 2. The molecule has 2 N–H and O–H groups in total. The van der Waals surface area contributed by atoms with Gasteiger partial charge in [-0.15, -0.1) is 0 Å². The molecule has 6 unspecified atom stereocenters. The van der Waals surface area contributed by atoms with Gasteiger partial charge >= 0.3 is 6.16 Å². The van der Waals surface area contributed by atoms with E-state index in [9.17, 15) is 15.0 Å². The second-order valence-corrected chi connectivity index (χ2v) is 15.3. The van der Waals surface area contributed by atoms with Crippen LogP contribution >= 0.6 is 0 Å². The molecule has 5 heteroatoms. The Hall–Kier alpha value is -2.37. The van der Waals surface area contributed by atoms with Crippen molar-refractivity contribution in [3.8, 4) is 11.5 Å². The summed E-state index contributed by atoms with van der Waals surface area (Å²) in [5.41, 5.74) is 5.59. The van der Waals surface area contributed by atoms with Crippen LogP contribution in [0.25, 0.3) is 0 Å². The van der Waals surface area contributed by atoms with E-state index in [2.05, 4.69) is 26.0 Å². The fourth-order valence-electron chi connectivity index (χ4n) is 11.4. The van der Waals surface area contributed by atoms with Gasteiger partial charge in [0.2, 0.25) is 0 Å². The largest absolute Gasteiger partial charge is 0.519 e. The first-order chi connectivity index (χ1) is 20.2. The van der Waals surface area contributed by atoms with E-state index in [1.807, 2.05) is 24.3 Å². The van der Waals surface area contributed by atoms with E-state index in [1.165, 1.54) is 22.3 Å². The van der Waals surface area contributed by atoms with Crippen molar-refractivity contribution < 1.29 is 24.5 Å². The number of hydrogen-bond acceptors (Lipinski definition) is 5. The average Bonchev–Trinajstić information content (AvgIpc) is 3.46. The molecule has 0 saturated heterocycles. The molecule has 0 aliphatic heterocycles. The van der Waals surface area contributed by atoms with Crippen LogP contribution < -0.4 is 9.47 Å². The van der Waals surface area contributed by atoms with Gasteiger partial charge in [-0.3, -0.25) is 0 Å². The number of rotatable bonds is 2. The van der Waals surface area contributed by atoms with Crippen LogP contribution in [-0.2, 0) is 12.8 Å². The van der Waals surface area contributed by atoms with Gasteiger partial charge in [0.05, 0.1) is 12.2 Å². The van der Waals surface area contributed by atoms with E-state index < -0.39 is 6.16 Å². The summed E-state index contributed by atoms with van der Waals surface area (Å²) in [6.45, 7) is 4.63. The summed E-state index contributed by atoms with van der Waals surface area (Å²) in [5, 5.41) is 21.4. The van der Waals surface area contributed by atoms with Gasteiger partial charge in [0, 0.05) is 0 Å². The predicted octanol–water partition coefficient (Wildman–Crippen LogP) is 7.70. The maximum absolute atomic E-state index is 12.9. The first-order valence-electron chi connectivity index (χ1n) is 16.8. The maximum atomic E-state index is 12.9. The van der Waals surface area contributed by atoms with Gasteiger partial charge in [-0.05, 0) is 170 Å². The first-order valence-corrected chi connectivity index (χ1v) is 16.8. The van der Waals surface area contributed by atoms with Gasteiger partial charge < -0.3 is 19.7 Å². The van der Waals surface area contributed by atoms with E-state index in [4.69, 9.17) is 9.47 Å². The maximum Gasteiger partial charge on any atom is 0.519 e. The van der Waals surface area contributed by atoms with Gasteiger partial charge in [-0.2, -0.15) is 0 Å². The monoisotopic (exact) mass is 570 g/mol. The van der Waals surface area contributed by atoms with Crippen molar-refractivity contribution in [1.29, 1.82) is 0 Å². The van der Waals surface area contributed by atoms with Crippen LogP contribution in [0.4, 0.5) is 4.79 Å². The average molecular weight is 571 g/mol. The lowest BCUT2D eigenvalue weighted by Gasteiger charge is -2.50. The summed E-state index contributed by atoms with van der Waals surface area (Å²) in [5.74, 6) is 4.72. The van der Waals surface area contributed by atoms with Crippen LogP contribution in [0.15, 0.2) is 36.4 Å². The lowest BCUT2D eigenvalue weighted by Crippen LogP contribution is -2.43. The molecule has 6 aliphatic rings. The lowest BCUT2D eigenvalue weighted by molar-refractivity contribution is -0.0226. The fourth-order valence-corrected chi connectivity index (χ4v) is 11.4. The van der Waals surface area contributed by atoms with Crippen LogP contribution in [-0.4, -0.2) is 28.6 Å². The Labute approximate surface area is 250 Å². The van der Waals surface area contributed by atoms with Crippen molar-refractivity contribution in [1.82, 2.24) is 0 Å². The van der Waals surface area contributed by atoms with E-state index >= 15 is 0 Å².